The number of halogens is 1. The largest absolute Gasteiger partial charge is 0.493 e. The van der Waals surface area contributed by atoms with Crippen molar-refractivity contribution in [2.45, 2.75) is 44.8 Å². The minimum Gasteiger partial charge on any atom is -0.493 e. The first kappa shape index (κ1) is 16.6. The zero-order valence-corrected chi connectivity index (χ0v) is 14.3. The summed E-state index contributed by atoms with van der Waals surface area (Å²) >= 11 is 3.54. The van der Waals surface area contributed by atoms with Gasteiger partial charge in [-0.25, -0.2) is 0 Å². The van der Waals surface area contributed by atoms with Crippen molar-refractivity contribution in [3.05, 3.63) is 22.2 Å². The van der Waals surface area contributed by atoms with Crippen LogP contribution in [-0.2, 0) is 6.54 Å². The van der Waals surface area contributed by atoms with Crippen LogP contribution in [0.3, 0.4) is 0 Å². The average Bonchev–Trinajstić information content (AvgIpc) is 2.90. The monoisotopic (exact) mass is 357 g/mol. The lowest BCUT2D eigenvalue weighted by molar-refractivity contribution is 0.000492. The highest BCUT2D eigenvalue weighted by Crippen LogP contribution is 2.38. The number of hydrogen-bond donors (Lipinski definition) is 2. The smallest absolute Gasteiger partial charge is 0.175 e. The molecular weight excluding hydrogens is 334 g/mol. The molecule has 0 saturated heterocycles. The van der Waals surface area contributed by atoms with E-state index in [-0.39, 0.29) is 0 Å². The summed E-state index contributed by atoms with van der Waals surface area (Å²) in [5, 5.41) is 13.7. The molecule has 4 nitrogen and oxygen atoms in total. The van der Waals surface area contributed by atoms with Gasteiger partial charge in [0.05, 0.1) is 17.2 Å². The fourth-order valence-electron chi connectivity index (χ4n) is 2.67. The van der Waals surface area contributed by atoms with E-state index in [1.54, 1.807) is 7.11 Å². The molecule has 21 heavy (non-hydrogen) atoms. The van der Waals surface area contributed by atoms with Gasteiger partial charge in [-0.2, -0.15) is 0 Å². The van der Waals surface area contributed by atoms with Crippen LogP contribution in [0.4, 0.5) is 0 Å². The fourth-order valence-corrected chi connectivity index (χ4v) is 3.27. The zero-order chi connectivity index (χ0) is 15.3. The summed E-state index contributed by atoms with van der Waals surface area (Å²) in [5.74, 6) is 1.36. The molecule has 1 saturated carbocycles. The van der Waals surface area contributed by atoms with Crippen LogP contribution in [-0.4, -0.2) is 31.0 Å². The molecule has 0 heterocycles. The van der Waals surface area contributed by atoms with Crippen LogP contribution < -0.4 is 14.8 Å². The number of nitrogens with one attached hydrogen (secondary N) is 1. The van der Waals surface area contributed by atoms with Gasteiger partial charge in [0, 0.05) is 6.54 Å². The first-order chi connectivity index (χ1) is 10.1. The van der Waals surface area contributed by atoms with E-state index in [0.717, 1.165) is 48.8 Å². The quantitative estimate of drug-likeness (QED) is 0.786. The summed E-state index contributed by atoms with van der Waals surface area (Å²) < 4.78 is 12.2. The number of ether oxygens (including phenoxy) is 2. The Morgan fingerprint density at radius 2 is 2.05 bits per heavy atom. The molecule has 0 bridgehead atoms. The molecule has 118 valence electrons. The number of hydrogen-bond acceptors (Lipinski definition) is 4. The molecule has 1 aromatic carbocycles. The van der Waals surface area contributed by atoms with Crippen molar-refractivity contribution in [1.29, 1.82) is 0 Å². The molecule has 0 radical (unpaired) electrons. The second kappa shape index (κ2) is 7.47. The maximum Gasteiger partial charge on any atom is 0.175 e. The van der Waals surface area contributed by atoms with Crippen molar-refractivity contribution in [3.8, 4) is 11.5 Å². The van der Waals surface area contributed by atoms with Gasteiger partial charge in [0.1, 0.15) is 6.61 Å². The molecule has 5 heteroatoms. The van der Waals surface area contributed by atoms with Crippen LogP contribution in [0, 0.1) is 0 Å². The topological polar surface area (TPSA) is 50.7 Å². The summed E-state index contributed by atoms with van der Waals surface area (Å²) in [6.45, 7) is 4.10. The Labute approximate surface area is 135 Å². The van der Waals surface area contributed by atoms with E-state index in [1.165, 1.54) is 0 Å². The lowest BCUT2D eigenvalue weighted by Crippen LogP contribution is -2.32. The summed E-state index contributed by atoms with van der Waals surface area (Å²) in [4.78, 5) is 0. The fraction of sp³-hybridized carbons (Fsp3) is 0.625. The normalized spacial score (nSPS) is 17.0. The molecule has 0 aliphatic heterocycles. The van der Waals surface area contributed by atoms with Crippen molar-refractivity contribution in [2.24, 2.45) is 0 Å². The van der Waals surface area contributed by atoms with Gasteiger partial charge >= 0.3 is 0 Å². The first-order valence-electron chi connectivity index (χ1n) is 7.50. The number of rotatable bonds is 7. The van der Waals surface area contributed by atoms with Crippen LogP contribution in [0.1, 0.15) is 38.2 Å². The minimum absolute atomic E-state index is 0.314. The summed E-state index contributed by atoms with van der Waals surface area (Å²) in [6.07, 6.45) is 3.76. The van der Waals surface area contributed by atoms with Crippen molar-refractivity contribution < 1.29 is 14.6 Å². The third kappa shape index (κ3) is 4.34. The Hall–Kier alpha value is -0.780. The van der Waals surface area contributed by atoms with E-state index in [4.69, 9.17) is 9.47 Å². The molecule has 0 unspecified atom stereocenters. The standard InChI is InChI=1S/C16H24BrNO3/c1-3-18-10-12-8-13(17)15(14(9-12)20-2)21-11-16(19)6-4-5-7-16/h8-9,18-19H,3-7,10-11H2,1-2H3. The summed E-state index contributed by atoms with van der Waals surface area (Å²) in [7, 11) is 1.63. The van der Waals surface area contributed by atoms with Gasteiger partial charge in [-0.05, 0) is 53.0 Å². The maximum absolute atomic E-state index is 10.4. The van der Waals surface area contributed by atoms with Crippen LogP contribution in [0.25, 0.3) is 0 Å². The predicted molar refractivity (Wildman–Crippen MR) is 87.0 cm³/mol. The van der Waals surface area contributed by atoms with Crippen molar-refractivity contribution >= 4 is 15.9 Å². The molecule has 1 aromatic rings. The van der Waals surface area contributed by atoms with Gasteiger partial charge < -0.3 is 19.9 Å². The summed E-state index contributed by atoms with van der Waals surface area (Å²) in [5.41, 5.74) is 0.444. The Morgan fingerprint density at radius 1 is 1.33 bits per heavy atom. The van der Waals surface area contributed by atoms with Gasteiger partial charge in [0.2, 0.25) is 0 Å². The van der Waals surface area contributed by atoms with E-state index < -0.39 is 5.60 Å². The van der Waals surface area contributed by atoms with E-state index in [9.17, 15) is 5.11 Å². The molecule has 1 aliphatic carbocycles. The van der Waals surface area contributed by atoms with Gasteiger partial charge in [0.25, 0.3) is 0 Å². The molecule has 0 aromatic heterocycles. The Balaban J connectivity index is 2.10. The van der Waals surface area contributed by atoms with Gasteiger partial charge in [-0.3, -0.25) is 0 Å². The lowest BCUT2D eigenvalue weighted by Gasteiger charge is -2.23. The predicted octanol–water partition coefficient (Wildman–Crippen LogP) is 3.25. The van der Waals surface area contributed by atoms with Gasteiger partial charge in [-0.1, -0.05) is 19.8 Å². The SMILES string of the molecule is CCNCc1cc(Br)c(OCC2(O)CCCC2)c(OC)c1. The zero-order valence-electron chi connectivity index (χ0n) is 12.7. The van der Waals surface area contributed by atoms with E-state index in [2.05, 4.69) is 28.2 Å². The minimum atomic E-state index is -0.688. The molecular formula is C16H24BrNO3. The highest BCUT2D eigenvalue weighted by Gasteiger charge is 2.32. The lowest BCUT2D eigenvalue weighted by atomic mass is 10.0. The second-order valence-electron chi connectivity index (χ2n) is 5.61. The molecule has 0 amide bonds. The Bertz CT molecular complexity index is 473. The third-order valence-corrected chi connectivity index (χ3v) is 4.48. The number of benzene rings is 1. The van der Waals surface area contributed by atoms with Crippen LogP contribution in [0.15, 0.2) is 16.6 Å². The summed E-state index contributed by atoms with van der Waals surface area (Å²) in [6, 6.07) is 4.00. The van der Waals surface area contributed by atoms with Crippen LogP contribution in [0.5, 0.6) is 11.5 Å². The average molecular weight is 358 g/mol. The highest BCUT2D eigenvalue weighted by molar-refractivity contribution is 9.10. The van der Waals surface area contributed by atoms with Crippen LogP contribution in [0.2, 0.25) is 0 Å². The Kier molecular flexibility index (Phi) is 5.90. The molecule has 0 atom stereocenters. The van der Waals surface area contributed by atoms with Crippen LogP contribution >= 0.6 is 15.9 Å². The first-order valence-corrected chi connectivity index (χ1v) is 8.29. The molecule has 1 fully saturated rings. The third-order valence-electron chi connectivity index (χ3n) is 3.89. The van der Waals surface area contributed by atoms with Gasteiger partial charge in [0.15, 0.2) is 11.5 Å². The second-order valence-corrected chi connectivity index (χ2v) is 6.46. The van der Waals surface area contributed by atoms with Gasteiger partial charge in [-0.15, -0.1) is 0 Å². The van der Waals surface area contributed by atoms with E-state index >= 15 is 0 Å². The maximum atomic E-state index is 10.4. The van der Waals surface area contributed by atoms with E-state index in [0.29, 0.717) is 18.1 Å². The number of aliphatic hydroxyl groups is 1. The molecule has 1 aliphatic rings. The molecule has 2 N–H and O–H groups in total. The van der Waals surface area contributed by atoms with E-state index in [1.807, 2.05) is 12.1 Å². The Morgan fingerprint density at radius 3 is 2.67 bits per heavy atom. The van der Waals surface area contributed by atoms with Crippen molar-refractivity contribution in [1.82, 2.24) is 5.32 Å². The number of methoxy groups -OCH3 is 1. The highest BCUT2D eigenvalue weighted by atomic mass is 79.9. The molecule has 0 spiro atoms. The van der Waals surface area contributed by atoms with Crippen molar-refractivity contribution in [2.75, 3.05) is 20.3 Å². The van der Waals surface area contributed by atoms with Crippen molar-refractivity contribution in [3.63, 3.8) is 0 Å². The molecule has 2 rings (SSSR count).